The number of anilines is 3. The van der Waals surface area contributed by atoms with E-state index in [1.807, 2.05) is 6.07 Å². The number of carbonyl (C=O) groups is 2. The Balaban J connectivity index is 1.67. The van der Waals surface area contributed by atoms with Crippen molar-refractivity contribution in [2.24, 2.45) is 5.73 Å². The summed E-state index contributed by atoms with van der Waals surface area (Å²) >= 11 is 0. The molecule has 2 aromatic rings. The van der Waals surface area contributed by atoms with Gasteiger partial charge in [0.15, 0.2) is 0 Å². The lowest BCUT2D eigenvalue weighted by molar-refractivity contribution is 0.0635. The lowest BCUT2D eigenvalue weighted by Gasteiger charge is -2.20. The van der Waals surface area contributed by atoms with Gasteiger partial charge in [-0.3, -0.25) is 10.1 Å². The lowest BCUT2D eigenvalue weighted by Crippen LogP contribution is -2.27. The molecule has 1 aromatic carbocycles. The van der Waals surface area contributed by atoms with Crippen molar-refractivity contribution in [1.29, 1.82) is 0 Å². The van der Waals surface area contributed by atoms with Gasteiger partial charge in [-0.05, 0) is 51.5 Å². The summed E-state index contributed by atoms with van der Waals surface area (Å²) < 4.78 is 5.27. The van der Waals surface area contributed by atoms with Crippen LogP contribution >= 0.6 is 0 Å². The molecular formula is C21H27N5O3. The van der Waals surface area contributed by atoms with Crippen LogP contribution in [0.25, 0.3) is 0 Å². The zero-order valence-electron chi connectivity index (χ0n) is 16.9. The first-order valence-corrected chi connectivity index (χ1v) is 9.58. The minimum Gasteiger partial charge on any atom is -0.444 e. The number of amides is 2. The summed E-state index contributed by atoms with van der Waals surface area (Å²) in [6, 6.07) is 10.6. The summed E-state index contributed by atoms with van der Waals surface area (Å²) in [7, 11) is 0. The third-order valence-corrected chi connectivity index (χ3v) is 4.37. The molecule has 0 aliphatic carbocycles. The summed E-state index contributed by atoms with van der Waals surface area (Å²) in [6.07, 6.45) is 1.89. The lowest BCUT2D eigenvalue weighted by atomic mass is 10.2. The van der Waals surface area contributed by atoms with E-state index < -0.39 is 11.7 Å². The number of nitrogens with one attached hydrogen (secondary N) is 2. The molecule has 0 unspecified atom stereocenters. The molecule has 1 aromatic heterocycles. The Morgan fingerprint density at radius 1 is 1.14 bits per heavy atom. The number of pyridine rings is 1. The average Bonchev–Trinajstić information content (AvgIpc) is 3.08. The van der Waals surface area contributed by atoms with E-state index in [1.165, 1.54) is 0 Å². The Kier molecular flexibility index (Phi) is 6.03. The van der Waals surface area contributed by atoms with E-state index >= 15 is 0 Å². The summed E-state index contributed by atoms with van der Waals surface area (Å²) in [4.78, 5) is 31.2. The van der Waals surface area contributed by atoms with Crippen LogP contribution in [-0.4, -0.2) is 41.7 Å². The second-order valence-electron chi connectivity index (χ2n) is 8.03. The van der Waals surface area contributed by atoms with Crippen molar-refractivity contribution in [2.75, 3.05) is 28.6 Å². The van der Waals surface area contributed by atoms with Gasteiger partial charge in [-0.25, -0.2) is 9.78 Å². The number of nitrogens with zero attached hydrogens (tertiary/aromatic N) is 2. The molecule has 1 saturated heterocycles. The molecule has 8 nitrogen and oxygen atoms in total. The molecule has 29 heavy (non-hydrogen) atoms. The van der Waals surface area contributed by atoms with Crippen molar-refractivity contribution in [2.45, 2.75) is 38.8 Å². The first kappa shape index (κ1) is 20.6. The Morgan fingerprint density at radius 2 is 1.83 bits per heavy atom. The smallest absolute Gasteiger partial charge is 0.412 e. The number of para-hydroxylation sites is 2. The number of benzene rings is 1. The number of hydrogen-bond donors (Lipinski definition) is 3. The molecule has 0 bridgehead atoms. The normalized spacial score (nSPS) is 16.4. The molecule has 0 saturated carbocycles. The minimum atomic E-state index is -0.616. The van der Waals surface area contributed by atoms with Crippen LogP contribution in [0, 0.1) is 0 Å². The minimum absolute atomic E-state index is 0.161. The van der Waals surface area contributed by atoms with Gasteiger partial charge in [-0.1, -0.05) is 12.1 Å². The van der Waals surface area contributed by atoms with Crippen LogP contribution in [-0.2, 0) is 4.74 Å². The third kappa shape index (κ3) is 5.68. The molecule has 0 radical (unpaired) electrons. The van der Waals surface area contributed by atoms with Crippen LogP contribution in [0.3, 0.4) is 0 Å². The molecule has 154 valence electrons. The van der Waals surface area contributed by atoms with Gasteiger partial charge in [0.05, 0.1) is 16.9 Å². The van der Waals surface area contributed by atoms with E-state index in [0.717, 1.165) is 25.3 Å². The van der Waals surface area contributed by atoms with Crippen molar-refractivity contribution in [1.82, 2.24) is 4.98 Å². The van der Waals surface area contributed by atoms with Gasteiger partial charge in [0.2, 0.25) is 0 Å². The summed E-state index contributed by atoms with van der Waals surface area (Å²) in [5.74, 6) is 0.488. The molecule has 4 N–H and O–H groups in total. The quantitative estimate of drug-likeness (QED) is 0.731. The Bertz CT molecular complexity index is 877. The van der Waals surface area contributed by atoms with Crippen LogP contribution in [0.4, 0.5) is 22.0 Å². The second-order valence-corrected chi connectivity index (χ2v) is 8.03. The van der Waals surface area contributed by atoms with Gasteiger partial charge in [0.1, 0.15) is 11.4 Å². The zero-order valence-corrected chi connectivity index (χ0v) is 16.9. The van der Waals surface area contributed by atoms with Crippen molar-refractivity contribution in [3.05, 3.63) is 48.2 Å². The molecular weight excluding hydrogens is 370 g/mol. The van der Waals surface area contributed by atoms with Crippen molar-refractivity contribution in [3.8, 4) is 0 Å². The zero-order chi connectivity index (χ0) is 21.0. The average molecular weight is 397 g/mol. The number of aromatic nitrogens is 1. The predicted molar refractivity (Wildman–Crippen MR) is 113 cm³/mol. The van der Waals surface area contributed by atoms with E-state index in [1.54, 1.807) is 57.3 Å². The SMILES string of the molecule is CC(C)(C)OC(=O)Nc1ccccc1NC(=O)c1ccc(N2CC[C@H](N)C2)nc1. The van der Waals surface area contributed by atoms with E-state index in [4.69, 9.17) is 10.5 Å². The molecule has 2 amide bonds. The first-order valence-electron chi connectivity index (χ1n) is 9.58. The Hall–Kier alpha value is -3.13. The van der Waals surface area contributed by atoms with Gasteiger partial charge >= 0.3 is 6.09 Å². The van der Waals surface area contributed by atoms with E-state index in [2.05, 4.69) is 20.5 Å². The van der Waals surface area contributed by atoms with Gasteiger partial charge in [0.25, 0.3) is 5.91 Å². The fraction of sp³-hybridized carbons (Fsp3) is 0.381. The standard InChI is InChI=1S/C21H27N5O3/c1-21(2,3)29-20(28)25-17-7-5-4-6-16(17)24-19(27)14-8-9-18(23-12-14)26-11-10-15(22)13-26/h4-9,12,15H,10-11,13,22H2,1-3H3,(H,24,27)(H,25,28)/t15-/m0/s1. The van der Waals surface area contributed by atoms with Crippen LogP contribution in [0.1, 0.15) is 37.6 Å². The largest absolute Gasteiger partial charge is 0.444 e. The van der Waals surface area contributed by atoms with Crippen LogP contribution in [0.15, 0.2) is 42.6 Å². The third-order valence-electron chi connectivity index (χ3n) is 4.37. The van der Waals surface area contributed by atoms with Gasteiger partial charge in [-0.2, -0.15) is 0 Å². The number of ether oxygens (including phenoxy) is 1. The highest BCUT2D eigenvalue weighted by Gasteiger charge is 2.21. The Morgan fingerprint density at radius 3 is 2.38 bits per heavy atom. The van der Waals surface area contributed by atoms with Crippen LogP contribution < -0.4 is 21.3 Å². The topological polar surface area (TPSA) is 110 Å². The molecule has 8 heteroatoms. The number of carbonyl (C=O) groups excluding carboxylic acids is 2. The second kappa shape index (κ2) is 8.48. The molecule has 2 heterocycles. The molecule has 1 atom stereocenters. The Labute approximate surface area is 170 Å². The predicted octanol–water partition coefficient (Wildman–Crippen LogP) is 3.22. The highest BCUT2D eigenvalue weighted by molar-refractivity contribution is 6.06. The molecule has 3 rings (SSSR count). The fourth-order valence-electron chi connectivity index (χ4n) is 3.01. The van der Waals surface area contributed by atoms with Gasteiger partial charge in [-0.15, -0.1) is 0 Å². The number of nitrogens with two attached hydrogens (primary N) is 1. The molecule has 1 fully saturated rings. The maximum absolute atomic E-state index is 12.6. The molecule has 0 spiro atoms. The van der Waals surface area contributed by atoms with Gasteiger partial charge in [0, 0.05) is 25.3 Å². The highest BCUT2D eigenvalue weighted by Crippen LogP contribution is 2.23. The van der Waals surface area contributed by atoms with E-state index in [0.29, 0.717) is 16.9 Å². The van der Waals surface area contributed by atoms with Crippen molar-refractivity contribution < 1.29 is 14.3 Å². The monoisotopic (exact) mass is 397 g/mol. The maximum Gasteiger partial charge on any atom is 0.412 e. The number of hydrogen-bond acceptors (Lipinski definition) is 6. The summed E-state index contributed by atoms with van der Waals surface area (Å²) in [5.41, 5.74) is 6.66. The van der Waals surface area contributed by atoms with E-state index in [9.17, 15) is 9.59 Å². The number of rotatable bonds is 4. The highest BCUT2D eigenvalue weighted by atomic mass is 16.6. The first-order chi connectivity index (χ1) is 13.7. The van der Waals surface area contributed by atoms with Crippen LogP contribution in [0.2, 0.25) is 0 Å². The molecule has 1 aliphatic rings. The maximum atomic E-state index is 12.6. The van der Waals surface area contributed by atoms with E-state index in [-0.39, 0.29) is 11.9 Å². The molecule has 1 aliphatic heterocycles. The summed E-state index contributed by atoms with van der Waals surface area (Å²) in [6.45, 7) is 6.98. The van der Waals surface area contributed by atoms with Gasteiger partial charge < -0.3 is 20.7 Å². The van der Waals surface area contributed by atoms with Crippen LogP contribution in [0.5, 0.6) is 0 Å². The van der Waals surface area contributed by atoms with Crippen molar-refractivity contribution in [3.63, 3.8) is 0 Å². The fourth-order valence-corrected chi connectivity index (χ4v) is 3.01. The van der Waals surface area contributed by atoms with Crippen molar-refractivity contribution >= 4 is 29.2 Å². The summed E-state index contributed by atoms with van der Waals surface area (Å²) in [5, 5.41) is 5.47.